The Morgan fingerprint density at radius 1 is 1.25 bits per heavy atom. The maximum Gasteiger partial charge on any atom is 0.242 e. The van der Waals surface area contributed by atoms with E-state index >= 15 is 0 Å². The second-order valence-corrected chi connectivity index (χ2v) is 8.32. The maximum absolute atomic E-state index is 13.0. The second kappa shape index (κ2) is 11.7. The fourth-order valence-corrected chi connectivity index (χ4v) is 4.22. The van der Waals surface area contributed by atoms with Crippen LogP contribution in [0.1, 0.15) is 25.3 Å². The molecule has 0 spiro atoms. The highest BCUT2D eigenvalue weighted by molar-refractivity contribution is 5.84. The van der Waals surface area contributed by atoms with E-state index in [0.717, 1.165) is 12.0 Å². The number of hydrogen-bond acceptors (Lipinski definition) is 5. The van der Waals surface area contributed by atoms with Crippen LogP contribution in [0, 0.1) is 11.8 Å². The van der Waals surface area contributed by atoms with E-state index in [-0.39, 0.29) is 36.1 Å². The minimum atomic E-state index is -0.152. The van der Waals surface area contributed by atoms with Gasteiger partial charge in [0, 0.05) is 52.2 Å². The summed E-state index contributed by atoms with van der Waals surface area (Å²) < 4.78 is 10.9. The summed E-state index contributed by atoms with van der Waals surface area (Å²) in [5.41, 5.74) is 0.867. The third kappa shape index (κ3) is 6.56. The van der Waals surface area contributed by atoms with E-state index in [1.165, 1.54) is 6.92 Å². The van der Waals surface area contributed by atoms with Gasteiger partial charge in [0.05, 0.1) is 6.61 Å². The number of amides is 3. The van der Waals surface area contributed by atoms with Gasteiger partial charge in [0.2, 0.25) is 17.7 Å². The average molecular weight is 444 g/mol. The zero-order valence-electron chi connectivity index (χ0n) is 18.9. The highest BCUT2D eigenvalue weighted by atomic mass is 16.5. The van der Waals surface area contributed by atoms with E-state index in [9.17, 15) is 14.4 Å². The fraction of sp³-hybridized carbons (Fsp3) is 0.542. The number of para-hydroxylation sites is 1. The molecule has 0 aliphatic carbocycles. The number of methoxy groups -OCH3 is 1. The van der Waals surface area contributed by atoms with Crippen molar-refractivity contribution in [3.8, 4) is 5.75 Å². The first-order valence-electron chi connectivity index (χ1n) is 11.1. The summed E-state index contributed by atoms with van der Waals surface area (Å²) in [6, 6.07) is 7.57. The normalized spacial score (nSPS) is 22.5. The number of ether oxygens (including phenoxy) is 2. The van der Waals surface area contributed by atoms with Gasteiger partial charge in [-0.3, -0.25) is 14.4 Å². The van der Waals surface area contributed by atoms with Crippen molar-refractivity contribution in [1.29, 1.82) is 0 Å². The van der Waals surface area contributed by atoms with Crippen molar-refractivity contribution in [1.82, 2.24) is 15.1 Å². The van der Waals surface area contributed by atoms with Crippen molar-refractivity contribution >= 4 is 17.7 Å². The molecule has 1 aromatic rings. The van der Waals surface area contributed by atoms with E-state index in [0.29, 0.717) is 51.6 Å². The van der Waals surface area contributed by atoms with Crippen molar-refractivity contribution < 1.29 is 23.9 Å². The predicted molar refractivity (Wildman–Crippen MR) is 120 cm³/mol. The number of nitrogens with one attached hydrogen (secondary N) is 1. The van der Waals surface area contributed by atoms with Gasteiger partial charge in [-0.15, -0.1) is 0 Å². The molecule has 1 fully saturated rings. The third-order valence-electron chi connectivity index (χ3n) is 6.06. The van der Waals surface area contributed by atoms with Gasteiger partial charge in [-0.1, -0.05) is 30.4 Å². The number of piperidine rings is 1. The van der Waals surface area contributed by atoms with E-state index < -0.39 is 0 Å². The van der Waals surface area contributed by atoms with Gasteiger partial charge < -0.3 is 24.6 Å². The molecule has 8 nitrogen and oxygen atoms in total. The third-order valence-corrected chi connectivity index (χ3v) is 6.06. The van der Waals surface area contributed by atoms with Crippen molar-refractivity contribution in [3.63, 3.8) is 0 Å². The largest absolute Gasteiger partial charge is 0.489 e. The standard InChI is InChI=1S/C24H33N3O5/c1-18(28)27-16-21-6-3-4-8-22(21)32-12-5-7-20-15-26(24(30)17-27)11-9-19(20)14-23(29)25-10-13-31-2/h3-8,19-20H,9-17H2,1-2H3,(H,25,29)/b7-5-/t19-,20-/m0/s1. The molecule has 32 heavy (non-hydrogen) atoms. The first-order valence-corrected chi connectivity index (χ1v) is 11.1. The number of benzene rings is 1. The molecular formula is C24H33N3O5. The molecule has 8 heteroatoms. The summed E-state index contributed by atoms with van der Waals surface area (Å²) in [6.07, 6.45) is 5.17. The maximum atomic E-state index is 13.0. The van der Waals surface area contributed by atoms with Crippen LogP contribution in [0.4, 0.5) is 0 Å². The van der Waals surface area contributed by atoms with Crippen LogP contribution in [0.3, 0.4) is 0 Å². The van der Waals surface area contributed by atoms with E-state index in [2.05, 4.69) is 11.4 Å². The summed E-state index contributed by atoms with van der Waals surface area (Å²) in [7, 11) is 1.60. The van der Waals surface area contributed by atoms with Gasteiger partial charge in [-0.05, 0) is 24.3 Å². The minimum Gasteiger partial charge on any atom is -0.489 e. The van der Waals surface area contributed by atoms with E-state index in [1.54, 1.807) is 12.0 Å². The molecule has 1 N–H and O–H groups in total. The van der Waals surface area contributed by atoms with Crippen molar-refractivity contribution in [2.75, 3.05) is 46.5 Å². The number of rotatable bonds is 5. The monoisotopic (exact) mass is 443 g/mol. The number of hydrogen-bond donors (Lipinski definition) is 1. The summed E-state index contributed by atoms with van der Waals surface area (Å²) in [6.45, 7) is 4.30. The van der Waals surface area contributed by atoms with E-state index in [4.69, 9.17) is 9.47 Å². The molecule has 1 aromatic carbocycles. The van der Waals surface area contributed by atoms with Crippen LogP contribution >= 0.6 is 0 Å². The van der Waals surface area contributed by atoms with Crippen LogP contribution in [0.2, 0.25) is 0 Å². The van der Waals surface area contributed by atoms with E-state index in [1.807, 2.05) is 35.2 Å². The Hall–Kier alpha value is -2.87. The highest BCUT2D eigenvalue weighted by Crippen LogP contribution is 2.29. The number of carbonyl (C=O) groups excluding carboxylic acids is 3. The van der Waals surface area contributed by atoms with Gasteiger partial charge in [-0.25, -0.2) is 0 Å². The molecule has 0 saturated carbocycles. The summed E-state index contributed by atoms with van der Waals surface area (Å²) >= 11 is 0. The zero-order chi connectivity index (χ0) is 22.9. The molecule has 174 valence electrons. The van der Waals surface area contributed by atoms with Crippen LogP contribution in [-0.4, -0.2) is 74.0 Å². The molecule has 2 atom stereocenters. The quantitative estimate of drug-likeness (QED) is 0.552. The van der Waals surface area contributed by atoms with Crippen LogP contribution in [0.25, 0.3) is 0 Å². The molecule has 0 aromatic heterocycles. The molecule has 2 heterocycles. The van der Waals surface area contributed by atoms with Gasteiger partial charge in [0.1, 0.15) is 18.9 Å². The average Bonchev–Trinajstić information content (AvgIpc) is 2.78. The lowest BCUT2D eigenvalue weighted by atomic mass is 9.82. The van der Waals surface area contributed by atoms with Crippen molar-refractivity contribution in [2.24, 2.45) is 11.8 Å². The van der Waals surface area contributed by atoms with Crippen LogP contribution in [0.5, 0.6) is 5.75 Å². The predicted octanol–water partition coefficient (Wildman–Crippen LogP) is 1.60. The number of fused-ring (bicyclic) bond motifs is 3. The summed E-state index contributed by atoms with van der Waals surface area (Å²) in [5.74, 6) is 0.661. The molecule has 0 unspecified atom stereocenters. The van der Waals surface area contributed by atoms with Gasteiger partial charge >= 0.3 is 0 Å². The fourth-order valence-electron chi connectivity index (χ4n) is 4.22. The molecule has 2 aliphatic rings. The Bertz CT molecular complexity index is 841. The minimum absolute atomic E-state index is 0.00363. The van der Waals surface area contributed by atoms with Crippen molar-refractivity contribution in [3.05, 3.63) is 42.0 Å². The molecule has 3 amide bonds. The lowest BCUT2D eigenvalue weighted by Gasteiger charge is -2.38. The Balaban J connectivity index is 1.77. The molecular weight excluding hydrogens is 410 g/mol. The topological polar surface area (TPSA) is 88.2 Å². The van der Waals surface area contributed by atoms with Crippen LogP contribution < -0.4 is 10.1 Å². The lowest BCUT2D eigenvalue weighted by Crippen LogP contribution is -2.48. The summed E-state index contributed by atoms with van der Waals surface area (Å²) in [5, 5.41) is 2.88. The molecule has 0 radical (unpaired) electrons. The number of carbonyl (C=O) groups is 3. The molecule has 1 saturated heterocycles. The van der Waals surface area contributed by atoms with Gasteiger partial charge in [0.25, 0.3) is 0 Å². The van der Waals surface area contributed by atoms with Crippen LogP contribution in [-0.2, 0) is 25.7 Å². The Kier molecular flexibility index (Phi) is 8.67. The first kappa shape index (κ1) is 23.8. The highest BCUT2D eigenvalue weighted by Gasteiger charge is 2.32. The van der Waals surface area contributed by atoms with Gasteiger partial charge in [-0.2, -0.15) is 0 Å². The van der Waals surface area contributed by atoms with Crippen LogP contribution in [0.15, 0.2) is 36.4 Å². The Labute approximate surface area is 189 Å². The second-order valence-electron chi connectivity index (χ2n) is 8.32. The molecule has 2 bridgehead atoms. The molecule has 3 rings (SSSR count). The smallest absolute Gasteiger partial charge is 0.242 e. The molecule has 2 aliphatic heterocycles. The Morgan fingerprint density at radius 3 is 2.84 bits per heavy atom. The first-order chi connectivity index (χ1) is 15.5. The SMILES string of the molecule is COCCNC(=O)C[C@@H]1CCN2C[C@@H]1/C=C\COc1ccccc1CN(C(C)=O)CC2=O. The lowest BCUT2D eigenvalue weighted by molar-refractivity contribution is -0.141. The number of nitrogens with zero attached hydrogens (tertiary/aromatic N) is 2. The Morgan fingerprint density at radius 2 is 2.06 bits per heavy atom. The van der Waals surface area contributed by atoms with Gasteiger partial charge in [0.15, 0.2) is 0 Å². The summed E-state index contributed by atoms with van der Waals surface area (Å²) in [4.78, 5) is 41.0. The van der Waals surface area contributed by atoms with Crippen molar-refractivity contribution in [2.45, 2.75) is 26.3 Å². The zero-order valence-corrected chi connectivity index (χ0v) is 18.9.